The molecular formula is C9H9NO4. The quantitative estimate of drug-likeness (QED) is 0.526. The van der Waals surface area contributed by atoms with Crippen LogP contribution in [0.25, 0.3) is 0 Å². The van der Waals surface area contributed by atoms with Crippen molar-refractivity contribution >= 4 is 5.97 Å². The van der Waals surface area contributed by atoms with Crippen LogP contribution in [0.15, 0.2) is 10.7 Å². The SMILES string of the molecule is C#CCOc1nc(C(=O)OCC)co1. The van der Waals surface area contributed by atoms with Crippen molar-refractivity contribution in [3.8, 4) is 18.4 Å². The molecule has 1 heterocycles. The van der Waals surface area contributed by atoms with Crippen molar-refractivity contribution in [2.75, 3.05) is 13.2 Å². The Morgan fingerprint density at radius 2 is 2.57 bits per heavy atom. The zero-order chi connectivity index (χ0) is 10.4. The summed E-state index contributed by atoms with van der Waals surface area (Å²) < 4.78 is 14.3. The van der Waals surface area contributed by atoms with Crippen LogP contribution in [-0.4, -0.2) is 24.2 Å². The van der Waals surface area contributed by atoms with E-state index < -0.39 is 5.97 Å². The van der Waals surface area contributed by atoms with Gasteiger partial charge in [-0.25, -0.2) is 4.79 Å². The first kappa shape index (κ1) is 10.1. The van der Waals surface area contributed by atoms with E-state index in [1.165, 1.54) is 0 Å². The largest absolute Gasteiger partial charge is 0.461 e. The molecule has 0 bridgehead atoms. The predicted molar refractivity (Wildman–Crippen MR) is 46.8 cm³/mol. The molecule has 0 aliphatic carbocycles. The van der Waals surface area contributed by atoms with Gasteiger partial charge in [0.2, 0.25) is 0 Å². The van der Waals surface area contributed by atoms with Gasteiger partial charge in [-0.3, -0.25) is 0 Å². The molecule has 0 saturated carbocycles. The molecule has 5 heteroatoms. The summed E-state index contributed by atoms with van der Waals surface area (Å²) in [5.41, 5.74) is 0.0684. The van der Waals surface area contributed by atoms with Gasteiger partial charge in [0.15, 0.2) is 12.3 Å². The van der Waals surface area contributed by atoms with Crippen LogP contribution in [-0.2, 0) is 4.74 Å². The molecule has 14 heavy (non-hydrogen) atoms. The molecule has 1 aromatic rings. The van der Waals surface area contributed by atoms with E-state index in [1.807, 2.05) is 0 Å². The summed E-state index contributed by atoms with van der Waals surface area (Å²) in [7, 11) is 0. The lowest BCUT2D eigenvalue weighted by Crippen LogP contribution is -2.05. The van der Waals surface area contributed by atoms with Crippen molar-refractivity contribution in [2.45, 2.75) is 6.92 Å². The van der Waals surface area contributed by atoms with Gasteiger partial charge in [-0.05, 0) is 6.92 Å². The number of rotatable bonds is 4. The number of nitrogens with zero attached hydrogens (tertiary/aromatic N) is 1. The molecule has 0 atom stereocenters. The number of hydrogen-bond acceptors (Lipinski definition) is 5. The molecule has 0 amide bonds. The van der Waals surface area contributed by atoms with Crippen molar-refractivity contribution < 1.29 is 18.7 Å². The Balaban J connectivity index is 2.59. The molecule has 0 unspecified atom stereocenters. The molecule has 1 aromatic heterocycles. The standard InChI is InChI=1S/C9H9NO4/c1-3-5-13-9-10-7(6-14-9)8(11)12-4-2/h1,6H,4-5H2,2H3. The number of carbonyl (C=O) groups is 1. The number of hydrogen-bond donors (Lipinski definition) is 0. The predicted octanol–water partition coefficient (Wildman–Crippen LogP) is 0.863. The lowest BCUT2D eigenvalue weighted by atomic mass is 10.5. The highest BCUT2D eigenvalue weighted by Gasteiger charge is 2.13. The average molecular weight is 195 g/mol. The van der Waals surface area contributed by atoms with Crippen molar-refractivity contribution in [1.82, 2.24) is 4.98 Å². The van der Waals surface area contributed by atoms with Crippen molar-refractivity contribution in [3.63, 3.8) is 0 Å². The third kappa shape index (κ3) is 2.52. The molecule has 0 aromatic carbocycles. The molecule has 0 N–H and O–H groups in total. The van der Waals surface area contributed by atoms with Gasteiger partial charge < -0.3 is 13.9 Å². The van der Waals surface area contributed by atoms with Crippen LogP contribution in [0.5, 0.6) is 6.08 Å². The number of esters is 1. The number of terminal acetylenes is 1. The second-order valence-electron chi connectivity index (χ2n) is 2.21. The van der Waals surface area contributed by atoms with E-state index in [4.69, 9.17) is 15.6 Å². The minimum absolute atomic E-state index is 0.0361. The molecule has 0 saturated heterocycles. The third-order valence-electron chi connectivity index (χ3n) is 1.25. The first-order chi connectivity index (χ1) is 6.77. The summed E-state index contributed by atoms with van der Waals surface area (Å²) in [5.74, 6) is 1.69. The summed E-state index contributed by atoms with van der Waals surface area (Å²) in [6, 6.07) is 0. The number of oxazole rings is 1. The van der Waals surface area contributed by atoms with Gasteiger partial charge in [-0.2, -0.15) is 4.98 Å². The minimum atomic E-state index is -0.549. The molecule has 1 rings (SSSR count). The van der Waals surface area contributed by atoms with Crippen LogP contribution in [0, 0.1) is 12.3 Å². The van der Waals surface area contributed by atoms with E-state index in [9.17, 15) is 4.79 Å². The highest BCUT2D eigenvalue weighted by Crippen LogP contribution is 2.10. The topological polar surface area (TPSA) is 61.6 Å². The zero-order valence-electron chi connectivity index (χ0n) is 7.65. The summed E-state index contributed by atoms with van der Waals surface area (Å²) in [6.45, 7) is 2.03. The van der Waals surface area contributed by atoms with Crippen molar-refractivity contribution in [2.24, 2.45) is 0 Å². The Morgan fingerprint density at radius 1 is 1.79 bits per heavy atom. The van der Waals surface area contributed by atoms with E-state index in [2.05, 4.69) is 15.6 Å². The Kier molecular flexibility index (Phi) is 3.56. The molecule has 0 radical (unpaired) electrons. The smallest absolute Gasteiger partial charge is 0.395 e. The van der Waals surface area contributed by atoms with Gasteiger partial charge in [-0.1, -0.05) is 5.92 Å². The fourth-order valence-electron chi connectivity index (χ4n) is 0.726. The number of carbonyl (C=O) groups excluding carboxylic acids is 1. The van der Waals surface area contributed by atoms with Gasteiger partial charge >= 0.3 is 12.0 Å². The molecule has 0 spiro atoms. The zero-order valence-corrected chi connectivity index (χ0v) is 7.65. The monoisotopic (exact) mass is 195 g/mol. The van der Waals surface area contributed by atoms with E-state index in [0.717, 1.165) is 6.26 Å². The van der Waals surface area contributed by atoms with Gasteiger partial charge in [-0.15, -0.1) is 6.42 Å². The van der Waals surface area contributed by atoms with Crippen molar-refractivity contribution in [1.29, 1.82) is 0 Å². The van der Waals surface area contributed by atoms with Gasteiger partial charge in [0.05, 0.1) is 6.61 Å². The molecule has 0 aliphatic heterocycles. The summed E-state index contributed by atoms with van der Waals surface area (Å²) >= 11 is 0. The number of aromatic nitrogens is 1. The minimum Gasteiger partial charge on any atom is -0.461 e. The summed E-state index contributed by atoms with van der Waals surface area (Å²) in [4.78, 5) is 14.8. The van der Waals surface area contributed by atoms with Crippen LogP contribution in [0.1, 0.15) is 17.4 Å². The maximum absolute atomic E-state index is 11.1. The van der Waals surface area contributed by atoms with Crippen LogP contribution >= 0.6 is 0 Å². The lowest BCUT2D eigenvalue weighted by molar-refractivity contribution is 0.0519. The van der Waals surface area contributed by atoms with Crippen LogP contribution in [0.4, 0.5) is 0 Å². The Morgan fingerprint density at radius 3 is 3.21 bits per heavy atom. The second kappa shape index (κ2) is 4.92. The Bertz CT molecular complexity index is 350. The fourth-order valence-corrected chi connectivity index (χ4v) is 0.726. The second-order valence-corrected chi connectivity index (χ2v) is 2.21. The van der Waals surface area contributed by atoms with E-state index in [-0.39, 0.29) is 25.0 Å². The highest BCUT2D eigenvalue weighted by atomic mass is 16.6. The normalized spacial score (nSPS) is 9.14. The van der Waals surface area contributed by atoms with Gasteiger partial charge in [0, 0.05) is 0 Å². The van der Waals surface area contributed by atoms with Crippen molar-refractivity contribution in [3.05, 3.63) is 12.0 Å². The molecule has 5 nitrogen and oxygen atoms in total. The molecular weight excluding hydrogens is 186 g/mol. The Labute approximate surface area is 81.0 Å². The molecule has 0 aliphatic rings. The maximum Gasteiger partial charge on any atom is 0.395 e. The maximum atomic E-state index is 11.1. The molecule has 0 fully saturated rings. The van der Waals surface area contributed by atoms with Crippen LogP contribution < -0.4 is 4.74 Å². The van der Waals surface area contributed by atoms with E-state index in [0.29, 0.717) is 0 Å². The van der Waals surface area contributed by atoms with E-state index >= 15 is 0 Å². The summed E-state index contributed by atoms with van der Waals surface area (Å²) in [6.07, 6.45) is 6.08. The highest BCUT2D eigenvalue weighted by molar-refractivity contribution is 5.86. The van der Waals surface area contributed by atoms with Gasteiger partial charge in [0.1, 0.15) is 6.26 Å². The number of ether oxygens (including phenoxy) is 2. The Hall–Kier alpha value is -1.96. The lowest BCUT2D eigenvalue weighted by Gasteiger charge is -1.95. The fraction of sp³-hybridized carbons (Fsp3) is 0.333. The van der Waals surface area contributed by atoms with Crippen LogP contribution in [0.2, 0.25) is 0 Å². The summed E-state index contributed by atoms with van der Waals surface area (Å²) in [5, 5.41) is 0. The van der Waals surface area contributed by atoms with Crippen LogP contribution in [0.3, 0.4) is 0 Å². The first-order valence-corrected chi connectivity index (χ1v) is 3.96. The third-order valence-corrected chi connectivity index (χ3v) is 1.25. The van der Waals surface area contributed by atoms with Gasteiger partial charge in [0.25, 0.3) is 0 Å². The van der Waals surface area contributed by atoms with E-state index in [1.54, 1.807) is 6.92 Å². The molecule has 74 valence electrons. The first-order valence-electron chi connectivity index (χ1n) is 3.96. The average Bonchev–Trinajstić information content (AvgIpc) is 2.63.